The molecule has 0 spiro atoms. The molecule has 1 amide bonds. The van der Waals surface area contributed by atoms with Gasteiger partial charge in [0.05, 0.1) is 6.61 Å². The Morgan fingerprint density at radius 3 is 2.57 bits per heavy atom. The van der Waals surface area contributed by atoms with E-state index in [4.69, 9.17) is 0 Å². The predicted octanol–water partition coefficient (Wildman–Crippen LogP) is 3.98. The maximum atomic E-state index is 12.6. The van der Waals surface area contributed by atoms with Crippen LogP contribution in [0.15, 0.2) is 42.0 Å². The number of rotatable bonds is 7. The molecule has 0 fully saturated rings. The zero-order chi connectivity index (χ0) is 20.7. The molecule has 2 rings (SSSR count). The maximum absolute atomic E-state index is 12.6. The van der Waals surface area contributed by atoms with Crippen LogP contribution < -0.4 is 10.2 Å². The van der Waals surface area contributed by atoms with Crippen molar-refractivity contribution >= 4 is 23.4 Å². The van der Waals surface area contributed by atoms with Crippen molar-refractivity contribution in [3.8, 4) is 6.07 Å². The molecule has 5 heteroatoms. The number of amides is 1. The van der Waals surface area contributed by atoms with E-state index < -0.39 is 5.91 Å². The molecule has 0 heterocycles. The molecule has 0 radical (unpaired) electrons. The van der Waals surface area contributed by atoms with Crippen LogP contribution in [0.3, 0.4) is 0 Å². The number of carbonyl (C=O) groups excluding carboxylic acids is 1. The molecule has 2 N–H and O–H groups in total. The minimum Gasteiger partial charge on any atom is -0.395 e. The van der Waals surface area contributed by atoms with Crippen LogP contribution in [0.5, 0.6) is 0 Å². The zero-order valence-corrected chi connectivity index (χ0v) is 16.9. The Morgan fingerprint density at radius 2 is 1.96 bits per heavy atom. The zero-order valence-electron chi connectivity index (χ0n) is 16.9. The van der Waals surface area contributed by atoms with Gasteiger partial charge in [-0.3, -0.25) is 4.79 Å². The van der Waals surface area contributed by atoms with E-state index in [1.807, 2.05) is 70.2 Å². The Bertz CT molecular complexity index is 926. The number of hydrogen-bond acceptors (Lipinski definition) is 4. The van der Waals surface area contributed by atoms with E-state index >= 15 is 0 Å². The monoisotopic (exact) mass is 377 g/mol. The second-order valence-corrected chi connectivity index (χ2v) is 6.72. The standard InChI is InChI=1S/C23H27N3O2/c1-5-26(11-12-27)21-10-9-19(17(3)13-21)14-20(15-24)23(28)25-22-8-6-7-16(2)18(22)4/h6-10,13-14,27H,5,11-12H2,1-4H3,(H,25,28)/b20-14+. The van der Waals surface area contributed by atoms with Crippen LogP contribution in [-0.2, 0) is 4.79 Å². The van der Waals surface area contributed by atoms with Crippen LogP contribution in [0.1, 0.15) is 29.2 Å². The normalized spacial score (nSPS) is 11.1. The van der Waals surface area contributed by atoms with Gasteiger partial charge in [0.15, 0.2) is 0 Å². The highest BCUT2D eigenvalue weighted by Crippen LogP contribution is 2.22. The maximum Gasteiger partial charge on any atom is 0.266 e. The highest BCUT2D eigenvalue weighted by Gasteiger charge is 2.13. The fourth-order valence-electron chi connectivity index (χ4n) is 2.99. The van der Waals surface area contributed by atoms with Crippen LogP contribution >= 0.6 is 0 Å². The Hall–Kier alpha value is -3.10. The third-order valence-corrected chi connectivity index (χ3v) is 4.89. The second-order valence-electron chi connectivity index (χ2n) is 6.72. The summed E-state index contributed by atoms with van der Waals surface area (Å²) in [6.07, 6.45) is 1.61. The molecule has 2 aromatic carbocycles. The Morgan fingerprint density at radius 1 is 1.21 bits per heavy atom. The van der Waals surface area contributed by atoms with Crippen molar-refractivity contribution < 1.29 is 9.90 Å². The average Bonchev–Trinajstić information content (AvgIpc) is 2.68. The third-order valence-electron chi connectivity index (χ3n) is 4.89. The summed E-state index contributed by atoms with van der Waals surface area (Å²) in [7, 11) is 0. The summed E-state index contributed by atoms with van der Waals surface area (Å²) in [5.41, 5.74) is 5.61. The fourth-order valence-corrected chi connectivity index (χ4v) is 2.99. The lowest BCUT2D eigenvalue weighted by Gasteiger charge is -2.22. The molecule has 0 atom stereocenters. The van der Waals surface area contributed by atoms with Crippen molar-refractivity contribution in [3.05, 3.63) is 64.2 Å². The number of aliphatic hydroxyl groups is 1. The number of carbonyl (C=O) groups is 1. The Balaban J connectivity index is 2.27. The Kier molecular flexibility index (Phi) is 7.36. The number of anilines is 2. The molecular weight excluding hydrogens is 350 g/mol. The molecule has 0 saturated carbocycles. The van der Waals surface area contributed by atoms with Crippen molar-refractivity contribution in [2.45, 2.75) is 27.7 Å². The van der Waals surface area contributed by atoms with Gasteiger partial charge < -0.3 is 15.3 Å². The number of nitriles is 1. The van der Waals surface area contributed by atoms with E-state index in [2.05, 4.69) is 10.2 Å². The van der Waals surface area contributed by atoms with Gasteiger partial charge in [0.25, 0.3) is 5.91 Å². The van der Waals surface area contributed by atoms with Crippen molar-refractivity contribution in [1.82, 2.24) is 0 Å². The minimum absolute atomic E-state index is 0.0551. The van der Waals surface area contributed by atoms with E-state index in [-0.39, 0.29) is 12.2 Å². The van der Waals surface area contributed by atoms with Gasteiger partial charge in [-0.1, -0.05) is 18.2 Å². The first-order valence-electron chi connectivity index (χ1n) is 9.37. The molecule has 5 nitrogen and oxygen atoms in total. The van der Waals surface area contributed by atoms with Crippen molar-refractivity contribution in [2.75, 3.05) is 29.9 Å². The van der Waals surface area contributed by atoms with Gasteiger partial charge >= 0.3 is 0 Å². The van der Waals surface area contributed by atoms with E-state index in [0.29, 0.717) is 12.2 Å². The quantitative estimate of drug-likeness (QED) is 0.565. The number of aryl methyl sites for hydroxylation is 2. The molecule has 28 heavy (non-hydrogen) atoms. The molecular formula is C23H27N3O2. The summed E-state index contributed by atoms with van der Waals surface area (Å²) in [6.45, 7) is 9.34. The second kappa shape index (κ2) is 9.72. The minimum atomic E-state index is -0.421. The van der Waals surface area contributed by atoms with E-state index in [1.54, 1.807) is 6.08 Å². The molecule has 0 aliphatic heterocycles. The lowest BCUT2D eigenvalue weighted by molar-refractivity contribution is -0.112. The van der Waals surface area contributed by atoms with Crippen molar-refractivity contribution in [2.24, 2.45) is 0 Å². The first kappa shape index (κ1) is 21.2. The summed E-state index contributed by atoms with van der Waals surface area (Å²) in [5, 5.41) is 21.5. The molecule has 0 aromatic heterocycles. The van der Waals surface area contributed by atoms with E-state index in [1.165, 1.54) is 0 Å². The van der Waals surface area contributed by atoms with Gasteiger partial charge in [-0.15, -0.1) is 0 Å². The van der Waals surface area contributed by atoms with Gasteiger partial charge in [0.1, 0.15) is 11.6 Å². The summed E-state index contributed by atoms with van der Waals surface area (Å²) in [6, 6.07) is 13.5. The molecule has 0 saturated heterocycles. The van der Waals surface area contributed by atoms with Gasteiger partial charge in [0.2, 0.25) is 0 Å². The lowest BCUT2D eigenvalue weighted by atomic mass is 10.0. The van der Waals surface area contributed by atoms with Gasteiger partial charge in [-0.25, -0.2) is 0 Å². The van der Waals surface area contributed by atoms with Crippen LogP contribution in [0.2, 0.25) is 0 Å². The summed E-state index contributed by atoms with van der Waals surface area (Å²) >= 11 is 0. The van der Waals surface area contributed by atoms with Crippen molar-refractivity contribution in [3.63, 3.8) is 0 Å². The summed E-state index contributed by atoms with van der Waals surface area (Å²) < 4.78 is 0. The highest BCUT2D eigenvalue weighted by molar-refractivity contribution is 6.10. The first-order valence-corrected chi connectivity index (χ1v) is 9.37. The number of nitrogens with zero attached hydrogens (tertiary/aromatic N) is 2. The number of aliphatic hydroxyl groups excluding tert-OH is 1. The molecule has 0 bridgehead atoms. The van der Waals surface area contributed by atoms with E-state index in [9.17, 15) is 15.2 Å². The van der Waals surface area contributed by atoms with Gasteiger partial charge in [0, 0.05) is 24.5 Å². The summed E-state index contributed by atoms with van der Waals surface area (Å²) in [4.78, 5) is 14.7. The number of benzene rings is 2. The van der Waals surface area contributed by atoms with Crippen LogP contribution in [0.25, 0.3) is 6.08 Å². The lowest BCUT2D eigenvalue weighted by Crippen LogP contribution is -2.26. The van der Waals surface area contributed by atoms with E-state index in [0.717, 1.165) is 34.5 Å². The first-order chi connectivity index (χ1) is 13.4. The topological polar surface area (TPSA) is 76.4 Å². The van der Waals surface area contributed by atoms with Crippen LogP contribution in [-0.4, -0.2) is 30.7 Å². The van der Waals surface area contributed by atoms with Gasteiger partial charge in [-0.05, 0) is 74.2 Å². The Labute approximate surface area is 166 Å². The molecule has 2 aromatic rings. The largest absolute Gasteiger partial charge is 0.395 e. The van der Waals surface area contributed by atoms with Gasteiger partial charge in [-0.2, -0.15) is 5.26 Å². The summed E-state index contributed by atoms with van der Waals surface area (Å²) in [5.74, 6) is -0.421. The van der Waals surface area contributed by atoms with Crippen LogP contribution in [0, 0.1) is 32.1 Å². The molecule has 0 unspecified atom stereocenters. The number of nitrogens with one attached hydrogen (secondary N) is 1. The average molecular weight is 377 g/mol. The SMILES string of the molecule is CCN(CCO)c1ccc(/C=C(\C#N)C(=O)Nc2cccc(C)c2C)c(C)c1. The molecule has 0 aliphatic carbocycles. The van der Waals surface area contributed by atoms with Crippen molar-refractivity contribution in [1.29, 1.82) is 5.26 Å². The highest BCUT2D eigenvalue weighted by atomic mass is 16.3. The molecule has 0 aliphatic rings. The molecule has 146 valence electrons. The predicted molar refractivity (Wildman–Crippen MR) is 114 cm³/mol. The fraction of sp³-hybridized carbons (Fsp3) is 0.304. The smallest absolute Gasteiger partial charge is 0.266 e. The van der Waals surface area contributed by atoms with Crippen LogP contribution in [0.4, 0.5) is 11.4 Å². The number of hydrogen-bond donors (Lipinski definition) is 2. The number of likely N-dealkylation sites (N-methyl/N-ethyl adjacent to an activating group) is 1. The third kappa shape index (κ3) is 4.99.